The summed E-state index contributed by atoms with van der Waals surface area (Å²) in [6.07, 6.45) is 1.59. The second kappa shape index (κ2) is 6.52. The second-order valence-corrected chi connectivity index (χ2v) is 5.64. The van der Waals surface area contributed by atoms with E-state index >= 15 is 0 Å². The molecular formula is C18H14F3N5. The van der Waals surface area contributed by atoms with Crippen LogP contribution >= 0.6 is 0 Å². The van der Waals surface area contributed by atoms with Gasteiger partial charge < -0.3 is 5.73 Å². The zero-order valence-electron chi connectivity index (χ0n) is 14.0. The molecule has 0 spiro atoms. The van der Waals surface area contributed by atoms with Crippen LogP contribution in [-0.4, -0.2) is 14.8 Å². The van der Waals surface area contributed by atoms with Crippen LogP contribution in [0.3, 0.4) is 0 Å². The molecule has 0 atom stereocenters. The van der Waals surface area contributed by atoms with Gasteiger partial charge in [-0.15, -0.1) is 0 Å². The van der Waals surface area contributed by atoms with Gasteiger partial charge in [0.15, 0.2) is 17.5 Å². The van der Waals surface area contributed by atoms with Gasteiger partial charge in [-0.05, 0) is 32.0 Å². The highest BCUT2D eigenvalue weighted by molar-refractivity contribution is 5.80. The average Bonchev–Trinajstić information content (AvgIpc) is 2.99. The molecular weight excluding hydrogens is 343 g/mol. The minimum atomic E-state index is -1.56. The Bertz CT molecular complexity index is 1030. The number of aromatic nitrogens is 3. The van der Waals surface area contributed by atoms with Crippen molar-refractivity contribution >= 4 is 5.82 Å². The number of rotatable bonds is 3. The molecule has 8 heteroatoms. The quantitative estimate of drug-likeness (QED) is 0.723. The summed E-state index contributed by atoms with van der Waals surface area (Å²) >= 11 is 0. The Hall–Kier alpha value is -3.34. The number of halogens is 3. The molecule has 0 saturated carbocycles. The Balaban J connectivity index is 2.26. The fourth-order valence-corrected chi connectivity index (χ4v) is 2.78. The predicted molar refractivity (Wildman–Crippen MR) is 90.3 cm³/mol. The Morgan fingerprint density at radius 1 is 1.15 bits per heavy atom. The molecule has 2 heterocycles. The van der Waals surface area contributed by atoms with Gasteiger partial charge in [-0.2, -0.15) is 10.4 Å². The van der Waals surface area contributed by atoms with Gasteiger partial charge >= 0.3 is 0 Å². The van der Waals surface area contributed by atoms with Crippen molar-refractivity contribution in [3.05, 3.63) is 53.1 Å². The number of nitrogens with zero attached hydrogens (tertiary/aromatic N) is 4. The van der Waals surface area contributed by atoms with Crippen molar-refractivity contribution < 1.29 is 13.2 Å². The first-order valence-corrected chi connectivity index (χ1v) is 7.75. The first kappa shape index (κ1) is 17.5. The number of hydrogen-bond donors (Lipinski definition) is 1. The van der Waals surface area contributed by atoms with E-state index in [4.69, 9.17) is 5.73 Å². The number of nitrogens with two attached hydrogens (primary N) is 1. The van der Waals surface area contributed by atoms with Crippen molar-refractivity contribution in [2.45, 2.75) is 20.4 Å². The number of nitriles is 1. The van der Waals surface area contributed by atoms with Gasteiger partial charge in [0.1, 0.15) is 17.5 Å². The highest BCUT2D eigenvalue weighted by atomic mass is 19.2. The minimum absolute atomic E-state index is 0.0133. The maximum absolute atomic E-state index is 13.6. The molecule has 1 aromatic carbocycles. The van der Waals surface area contributed by atoms with E-state index in [-0.39, 0.29) is 22.6 Å². The molecule has 132 valence electrons. The average molecular weight is 357 g/mol. The van der Waals surface area contributed by atoms with Crippen LogP contribution in [0.15, 0.2) is 24.4 Å². The van der Waals surface area contributed by atoms with Crippen molar-refractivity contribution in [3.8, 4) is 28.5 Å². The van der Waals surface area contributed by atoms with Crippen LogP contribution in [0.1, 0.15) is 18.2 Å². The summed E-state index contributed by atoms with van der Waals surface area (Å²) in [5.41, 5.74) is 8.05. The summed E-state index contributed by atoms with van der Waals surface area (Å²) in [6, 6.07) is 5.15. The molecule has 0 amide bonds. The van der Waals surface area contributed by atoms with E-state index in [0.717, 1.165) is 17.8 Å². The molecule has 0 aliphatic carbocycles. The smallest absolute Gasteiger partial charge is 0.194 e. The summed E-state index contributed by atoms with van der Waals surface area (Å²) in [5, 5.41) is 13.7. The number of nitrogen functional groups attached to an aromatic ring is 1. The van der Waals surface area contributed by atoms with Gasteiger partial charge in [-0.3, -0.25) is 4.68 Å². The van der Waals surface area contributed by atoms with Crippen LogP contribution in [0.2, 0.25) is 0 Å². The first-order chi connectivity index (χ1) is 12.4. The molecule has 2 aromatic heterocycles. The van der Waals surface area contributed by atoms with Gasteiger partial charge in [0.2, 0.25) is 0 Å². The van der Waals surface area contributed by atoms with E-state index in [1.807, 2.05) is 19.9 Å². The number of hydrogen-bond acceptors (Lipinski definition) is 4. The van der Waals surface area contributed by atoms with E-state index in [1.54, 1.807) is 10.9 Å². The Morgan fingerprint density at radius 3 is 2.35 bits per heavy atom. The number of anilines is 1. The van der Waals surface area contributed by atoms with Gasteiger partial charge in [0, 0.05) is 28.9 Å². The maximum atomic E-state index is 13.6. The fraction of sp³-hybridized carbons (Fsp3) is 0.167. The highest BCUT2D eigenvalue weighted by Gasteiger charge is 2.19. The third-order valence-corrected chi connectivity index (χ3v) is 4.13. The normalized spacial score (nSPS) is 10.8. The van der Waals surface area contributed by atoms with Crippen LogP contribution < -0.4 is 5.73 Å². The van der Waals surface area contributed by atoms with E-state index in [0.29, 0.717) is 17.7 Å². The van der Waals surface area contributed by atoms with E-state index in [1.165, 1.54) is 6.07 Å². The molecule has 2 N–H and O–H groups in total. The maximum Gasteiger partial charge on any atom is 0.194 e. The lowest BCUT2D eigenvalue weighted by Gasteiger charge is -2.11. The minimum Gasteiger partial charge on any atom is -0.383 e. The second-order valence-electron chi connectivity index (χ2n) is 5.64. The zero-order chi connectivity index (χ0) is 19.0. The van der Waals surface area contributed by atoms with E-state index in [2.05, 4.69) is 10.1 Å². The zero-order valence-corrected chi connectivity index (χ0v) is 14.0. The highest BCUT2D eigenvalue weighted by Crippen LogP contribution is 2.33. The van der Waals surface area contributed by atoms with Crippen LogP contribution in [0.25, 0.3) is 22.4 Å². The van der Waals surface area contributed by atoms with Crippen molar-refractivity contribution in [1.82, 2.24) is 14.8 Å². The molecule has 0 aliphatic heterocycles. The van der Waals surface area contributed by atoms with Crippen LogP contribution in [-0.2, 0) is 6.54 Å². The lowest BCUT2D eigenvalue weighted by atomic mass is 9.99. The van der Waals surface area contributed by atoms with E-state index in [9.17, 15) is 18.4 Å². The van der Waals surface area contributed by atoms with Crippen LogP contribution in [0, 0.1) is 35.7 Å². The molecule has 26 heavy (non-hydrogen) atoms. The molecule has 0 bridgehead atoms. The SMILES string of the molecule is CCn1ncc(-c2cc(-c3cc(F)c(F)c(F)c3)nc(N)c2C#N)c1C. The first-order valence-electron chi connectivity index (χ1n) is 7.75. The Labute approximate surface area is 147 Å². The van der Waals surface area contributed by atoms with Gasteiger partial charge in [0.05, 0.1) is 11.9 Å². The van der Waals surface area contributed by atoms with Gasteiger partial charge in [0.25, 0.3) is 0 Å². The molecule has 0 unspecified atom stereocenters. The molecule has 5 nitrogen and oxygen atoms in total. The number of pyridine rings is 1. The van der Waals surface area contributed by atoms with Crippen LogP contribution in [0.5, 0.6) is 0 Å². The molecule has 0 aliphatic rings. The lowest BCUT2D eigenvalue weighted by Crippen LogP contribution is -2.02. The fourth-order valence-electron chi connectivity index (χ4n) is 2.78. The predicted octanol–water partition coefficient (Wildman–Crippen LogP) is 3.81. The third-order valence-electron chi connectivity index (χ3n) is 4.13. The van der Waals surface area contributed by atoms with Crippen LogP contribution in [0.4, 0.5) is 19.0 Å². The molecule has 0 radical (unpaired) electrons. The monoisotopic (exact) mass is 357 g/mol. The van der Waals surface area contributed by atoms with Crippen molar-refractivity contribution in [3.63, 3.8) is 0 Å². The third kappa shape index (κ3) is 2.77. The van der Waals surface area contributed by atoms with Gasteiger partial charge in [-0.25, -0.2) is 18.2 Å². The number of aryl methyl sites for hydroxylation is 1. The van der Waals surface area contributed by atoms with E-state index < -0.39 is 17.5 Å². The largest absolute Gasteiger partial charge is 0.383 e. The topological polar surface area (TPSA) is 80.5 Å². The molecule has 3 aromatic rings. The van der Waals surface area contributed by atoms with Crippen molar-refractivity contribution in [2.75, 3.05) is 5.73 Å². The summed E-state index contributed by atoms with van der Waals surface area (Å²) in [5.74, 6) is -4.31. The summed E-state index contributed by atoms with van der Waals surface area (Å²) in [6.45, 7) is 4.39. The number of benzene rings is 1. The molecule has 0 saturated heterocycles. The van der Waals surface area contributed by atoms with Crippen molar-refractivity contribution in [2.24, 2.45) is 0 Å². The Morgan fingerprint density at radius 2 is 1.81 bits per heavy atom. The van der Waals surface area contributed by atoms with Crippen molar-refractivity contribution in [1.29, 1.82) is 5.26 Å². The lowest BCUT2D eigenvalue weighted by molar-refractivity contribution is 0.447. The summed E-state index contributed by atoms with van der Waals surface area (Å²) in [4.78, 5) is 4.04. The van der Waals surface area contributed by atoms with Gasteiger partial charge in [-0.1, -0.05) is 0 Å². The summed E-state index contributed by atoms with van der Waals surface area (Å²) < 4.78 is 42.1. The molecule has 0 fully saturated rings. The molecule has 3 rings (SSSR count). The summed E-state index contributed by atoms with van der Waals surface area (Å²) in [7, 11) is 0. The standard InChI is InChI=1S/C18H14F3N5/c1-3-26-9(2)13(8-24-26)11-6-16(25-18(23)12(11)7-22)10-4-14(19)17(21)15(20)5-10/h4-6,8H,3H2,1-2H3,(H2,23,25). The Kier molecular flexibility index (Phi) is 4.38.